The van der Waals surface area contributed by atoms with Gasteiger partial charge in [0.1, 0.15) is 0 Å². The molecule has 0 spiro atoms. The Bertz CT molecular complexity index is 395. The molecule has 1 aromatic carbocycles. The van der Waals surface area contributed by atoms with E-state index in [4.69, 9.17) is 0 Å². The van der Waals surface area contributed by atoms with Gasteiger partial charge in [0, 0.05) is 23.8 Å². The second-order valence-corrected chi connectivity index (χ2v) is 3.95. The topological polar surface area (TPSA) is 17.8 Å². The maximum absolute atomic E-state index is 4.31. The van der Waals surface area contributed by atoms with Gasteiger partial charge in [0.15, 0.2) is 5.16 Å². The van der Waals surface area contributed by atoms with Crippen LogP contribution in [0.15, 0.2) is 52.8 Å². The monoisotopic (exact) mass is 204 g/mol. The van der Waals surface area contributed by atoms with Gasteiger partial charge in [0.25, 0.3) is 0 Å². The zero-order chi connectivity index (χ0) is 9.80. The van der Waals surface area contributed by atoms with Crippen molar-refractivity contribution < 1.29 is 0 Å². The van der Waals surface area contributed by atoms with E-state index in [-0.39, 0.29) is 0 Å². The van der Waals surface area contributed by atoms with E-state index in [1.165, 1.54) is 4.90 Å². The van der Waals surface area contributed by atoms with Crippen molar-refractivity contribution in [2.24, 2.45) is 0 Å². The fraction of sp³-hybridized carbons (Fsp3) is 0.182. The maximum Gasteiger partial charge on any atom is 0.172 e. The quantitative estimate of drug-likeness (QED) is 0.764. The minimum atomic E-state index is 0.967. The average molecular weight is 204 g/mol. The Morgan fingerprint density at radius 1 is 1.29 bits per heavy atom. The van der Waals surface area contributed by atoms with E-state index in [0.29, 0.717) is 0 Å². The molecular weight excluding hydrogens is 192 g/mol. The first-order chi connectivity index (χ1) is 6.90. The molecule has 14 heavy (non-hydrogen) atoms. The van der Waals surface area contributed by atoms with Crippen molar-refractivity contribution >= 4 is 11.8 Å². The van der Waals surface area contributed by atoms with Gasteiger partial charge >= 0.3 is 0 Å². The lowest BCUT2D eigenvalue weighted by Crippen LogP contribution is -1.93. The zero-order valence-corrected chi connectivity index (χ0v) is 8.87. The van der Waals surface area contributed by atoms with Crippen molar-refractivity contribution in [3.8, 4) is 0 Å². The van der Waals surface area contributed by atoms with Crippen LogP contribution in [-0.2, 0) is 6.54 Å². The summed E-state index contributed by atoms with van der Waals surface area (Å²) < 4.78 is 2.14. The van der Waals surface area contributed by atoms with Gasteiger partial charge in [-0.25, -0.2) is 4.98 Å². The molecule has 0 N–H and O–H groups in total. The summed E-state index contributed by atoms with van der Waals surface area (Å²) in [6, 6.07) is 10.3. The minimum absolute atomic E-state index is 0.967. The molecule has 0 saturated heterocycles. The van der Waals surface area contributed by atoms with Crippen LogP contribution in [0, 0.1) is 0 Å². The Morgan fingerprint density at radius 2 is 2.07 bits per heavy atom. The van der Waals surface area contributed by atoms with Crippen molar-refractivity contribution in [2.75, 3.05) is 0 Å². The molecule has 1 heterocycles. The highest BCUT2D eigenvalue weighted by atomic mass is 32.2. The predicted molar refractivity (Wildman–Crippen MR) is 58.5 cm³/mol. The number of hydrogen-bond acceptors (Lipinski definition) is 2. The highest BCUT2D eigenvalue weighted by Crippen LogP contribution is 2.25. The number of nitrogens with zero attached hydrogens (tertiary/aromatic N) is 2. The van der Waals surface area contributed by atoms with Crippen LogP contribution < -0.4 is 0 Å². The Hall–Kier alpha value is -1.22. The summed E-state index contributed by atoms with van der Waals surface area (Å²) in [7, 11) is 0. The number of imidazole rings is 1. The molecule has 0 radical (unpaired) electrons. The van der Waals surface area contributed by atoms with E-state index in [0.717, 1.165) is 11.7 Å². The number of aryl methyl sites for hydroxylation is 1. The maximum atomic E-state index is 4.31. The SMILES string of the molecule is CCn1ccnc1Sc1ccccc1. The van der Waals surface area contributed by atoms with Crippen molar-refractivity contribution in [1.82, 2.24) is 9.55 Å². The number of benzene rings is 1. The van der Waals surface area contributed by atoms with Gasteiger partial charge in [-0.3, -0.25) is 0 Å². The first-order valence-electron chi connectivity index (χ1n) is 4.64. The van der Waals surface area contributed by atoms with Gasteiger partial charge in [-0.05, 0) is 19.1 Å². The molecular formula is C11H12N2S. The molecule has 0 atom stereocenters. The number of hydrogen-bond donors (Lipinski definition) is 0. The van der Waals surface area contributed by atoms with Crippen LogP contribution in [0.25, 0.3) is 0 Å². The molecule has 0 saturated carbocycles. The van der Waals surface area contributed by atoms with Crippen molar-refractivity contribution in [3.05, 3.63) is 42.7 Å². The van der Waals surface area contributed by atoms with Gasteiger partial charge < -0.3 is 4.57 Å². The summed E-state index contributed by atoms with van der Waals surface area (Å²) >= 11 is 1.70. The van der Waals surface area contributed by atoms with Crippen LogP contribution in [0.3, 0.4) is 0 Å². The first-order valence-corrected chi connectivity index (χ1v) is 5.46. The van der Waals surface area contributed by atoms with Crippen LogP contribution in [0.4, 0.5) is 0 Å². The van der Waals surface area contributed by atoms with E-state index < -0.39 is 0 Å². The molecule has 0 aliphatic heterocycles. The third kappa shape index (κ3) is 1.99. The summed E-state index contributed by atoms with van der Waals surface area (Å²) in [6.07, 6.45) is 3.85. The van der Waals surface area contributed by atoms with E-state index >= 15 is 0 Å². The smallest absolute Gasteiger partial charge is 0.172 e. The van der Waals surface area contributed by atoms with E-state index in [2.05, 4.69) is 28.6 Å². The standard InChI is InChI=1S/C11H12N2S/c1-2-13-9-8-12-11(13)14-10-6-4-3-5-7-10/h3-9H,2H2,1H3. The van der Waals surface area contributed by atoms with Gasteiger partial charge in [-0.2, -0.15) is 0 Å². The van der Waals surface area contributed by atoms with Gasteiger partial charge in [0.05, 0.1) is 0 Å². The third-order valence-electron chi connectivity index (χ3n) is 1.97. The molecule has 2 aromatic rings. The lowest BCUT2D eigenvalue weighted by Gasteiger charge is -2.03. The summed E-state index contributed by atoms with van der Waals surface area (Å²) in [5, 5.41) is 1.05. The molecule has 2 nitrogen and oxygen atoms in total. The third-order valence-corrected chi connectivity index (χ3v) is 3.00. The Kier molecular flexibility index (Phi) is 2.89. The zero-order valence-electron chi connectivity index (χ0n) is 8.05. The molecule has 2 rings (SSSR count). The molecule has 72 valence electrons. The summed E-state index contributed by atoms with van der Waals surface area (Å²) in [5.74, 6) is 0. The molecule has 0 bridgehead atoms. The second-order valence-electron chi connectivity index (χ2n) is 2.91. The largest absolute Gasteiger partial charge is 0.326 e. The summed E-state index contributed by atoms with van der Waals surface area (Å²) in [5.41, 5.74) is 0. The van der Waals surface area contributed by atoms with Gasteiger partial charge in [-0.15, -0.1) is 0 Å². The lowest BCUT2D eigenvalue weighted by molar-refractivity contribution is 0.681. The molecule has 0 aliphatic carbocycles. The van der Waals surface area contributed by atoms with E-state index in [9.17, 15) is 0 Å². The average Bonchev–Trinajstić information content (AvgIpc) is 2.67. The molecule has 0 amide bonds. The van der Waals surface area contributed by atoms with E-state index in [1.54, 1.807) is 11.8 Å². The molecule has 0 aliphatic rings. The van der Waals surface area contributed by atoms with Crippen LogP contribution in [0.5, 0.6) is 0 Å². The molecule has 1 aromatic heterocycles. The Morgan fingerprint density at radius 3 is 2.79 bits per heavy atom. The molecule has 0 unspecified atom stereocenters. The van der Waals surface area contributed by atoms with Gasteiger partial charge in [-0.1, -0.05) is 30.0 Å². The lowest BCUT2D eigenvalue weighted by atomic mass is 10.4. The van der Waals surface area contributed by atoms with Crippen LogP contribution >= 0.6 is 11.8 Å². The van der Waals surface area contributed by atoms with Gasteiger partial charge in [0.2, 0.25) is 0 Å². The van der Waals surface area contributed by atoms with Crippen LogP contribution in [0.2, 0.25) is 0 Å². The first kappa shape index (κ1) is 9.34. The summed E-state index contributed by atoms with van der Waals surface area (Å²) in [4.78, 5) is 5.54. The van der Waals surface area contributed by atoms with E-state index in [1.807, 2.05) is 30.6 Å². The Balaban J connectivity index is 2.19. The fourth-order valence-electron chi connectivity index (χ4n) is 1.24. The van der Waals surface area contributed by atoms with Crippen LogP contribution in [-0.4, -0.2) is 9.55 Å². The molecule has 3 heteroatoms. The second kappa shape index (κ2) is 4.33. The predicted octanol–water partition coefficient (Wildman–Crippen LogP) is 3.05. The van der Waals surface area contributed by atoms with Crippen molar-refractivity contribution in [1.29, 1.82) is 0 Å². The number of rotatable bonds is 3. The Labute approximate surface area is 88.0 Å². The van der Waals surface area contributed by atoms with Crippen LogP contribution in [0.1, 0.15) is 6.92 Å². The summed E-state index contributed by atoms with van der Waals surface area (Å²) in [6.45, 7) is 3.09. The van der Waals surface area contributed by atoms with Crippen molar-refractivity contribution in [3.63, 3.8) is 0 Å². The highest BCUT2D eigenvalue weighted by Gasteiger charge is 2.02. The normalized spacial score (nSPS) is 10.4. The van der Waals surface area contributed by atoms with Crippen molar-refractivity contribution in [2.45, 2.75) is 23.5 Å². The highest BCUT2D eigenvalue weighted by molar-refractivity contribution is 7.99. The molecule has 0 fully saturated rings. The fourth-order valence-corrected chi connectivity index (χ4v) is 2.16. The minimum Gasteiger partial charge on any atom is -0.326 e. The number of aromatic nitrogens is 2.